The van der Waals surface area contributed by atoms with E-state index in [1.165, 1.54) is 30.4 Å². The topological polar surface area (TPSA) is 29.9 Å². The van der Waals surface area contributed by atoms with Crippen molar-refractivity contribution in [2.75, 3.05) is 7.05 Å². The first-order valence-corrected chi connectivity index (χ1v) is 7.61. The third kappa shape index (κ3) is 2.27. The monoisotopic (exact) mass is 269 g/mol. The van der Waals surface area contributed by atoms with E-state index in [9.17, 15) is 0 Å². The summed E-state index contributed by atoms with van der Waals surface area (Å²) in [7, 11) is 2.05. The summed E-state index contributed by atoms with van der Waals surface area (Å²) >= 11 is 0. The quantitative estimate of drug-likeness (QED) is 0.923. The summed E-state index contributed by atoms with van der Waals surface area (Å²) in [5.41, 5.74) is 3.02. The van der Waals surface area contributed by atoms with Crippen molar-refractivity contribution in [3.63, 3.8) is 0 Å². The Morgan fingerprint density at radius 1 is 1.40 bits per heavy atom. The van der Waals surface area contributed by atoms with E-state index < -0.39 is 0 Å². The van der Waals surface area contributed by atoms with E-state index in [0.717, 1.165) is 12.4 Å². The van der Waals surface area contributed by atoms with E-state index in [4.69, 9.17) is 0 Å². The normalized spacial score (nSPS) is 19.6. The number of aromatic nitrogens is 2. The second-order valence-electron chi connectivity index (χ2n) is 5.54. The van der Waals surface area contributed by atoms with Gasteiger partial charge in [0.1, 0.15) is 5.82 Å². The van der Waals surface area contributed by atoms with Crippen LogP contribution in [0.3, 0.4) is 0 Å². The number of rotatable bonds is 4. The van der Waals surface area contributed by atoms with E-state index in [0.29, 0.717) is 12.0 Å². The summed E-state index contributed by atoms with van der Waals surface area (Å²) in [5.74, 6) is 1.69. The second kappa shape index (κ2) is 5.80. The lowest BCUT2D eigenvalue weighted by molar-refractivity contribution is 0.398. The number of hydrogen-bond acceptors (Lipinski definition) is 2. The van der Waals surface area contributed by atoms with Crippen LogP contribution in [-0.2, 0) is 13.0 Å². The lowest BCUT2D eigenvalue weighted by Gasteiger charge is -2.32. The van der Waals surface area contributed by atoms with Crippen LogP contribution in [0.4, 0.5) is 0 Å². The molecular weight excluding hydrogens is 246 g/mol. The molecule has 1 aromatic carbocycles. The molecule has 0 aliphatic heterocycles. The van der Waals surface area contributed by atoms with Gasteiger partial charge in [-0.25, -0.2) is 4.98 Å². The highest BCUT2D eigenvalue weighted by Crippen LogP contribution is 2.39. The number of benzene rings is 1. The molecule has 3 rings (SSSR count). The fourth-order valence-corrected chi connectivity index (χ4v) is 3.52. The maximum absolute atomic E-state index is 4.61. The molecule has 20 heavy (non-hydrogen) atoms. The minimum atomic E-state index is 0.298. The average molecular weight is 269 g/mol. The van der Waals surface area contributed by atoms with Crippen molar-refractivity contribution in [2.24, 2.45) is 0 Å². The van der Waals surface area contributed by atoms with Crippen LogP contribution >= 0.6 is 0 Å². The predicted molar refractivity (Wildman–Crippen MR) is 81.8 cm³/mol. The van der Waals surface area contributed by atoms with Crippen LogP contribution in [0.2, 0.25) is 0 Å². The lowest BCUT2D eigenvalue weighted by Crippen LogP contribution is -2.29. The predicted octanol–water partition coefficient (Wildman–Crippen LogP) is 3.28. The molecule has 3 heteroatoms. The molecule has 0 spiro atoms. The van der Waals surface area contributed by atoms with Crippen LogP contribution in [0.5, 0.6) is 0 Å². The van der Waals surface area contributed by atoms with Crippen LogP contribution in [0, 0.1) is 0 Å². The van der Waals surface area contributed by atoms with Crippen LogP contribution in [-0.4, -0.2) is 16.6 Å². The highest BCUT2D eigenvalue weighted by molar-refractivity contribution is 5.34. The molecule has 2 atom stereocenters. The Morgan fingerprint density at radius 2 is 2.25 bits per heavy atom. The van der Waals surface area contributed by atoms with Crippen molar-refractivity contribution in [2.45, 2.75) is 44.7 Å². The number of imidazole rings is 1. The number of nitrogens with zero attached hydrogens (tertiary/aromatic N) is 2. The van der Waals surface area contributed by atoms with Gasteiger partial charge < -0.3 is 9.88 Å². The van der Waals surface area contributed by atoms with Gasteiger partial charge in [-0.1, -0.05) is 24.3 Å². The molecule has 0 fully saturated rings. The number of aryl methyl sites for hydroxylation is 2. The van der Waals surface area contributed by atoms with Crippen molar-refractivity contribution in [1.29, 1.82) is 0 Å². The Labute approximate surface area is 121 Å². The molecule has 0 radical (unpaired) electrons. The van der Waals surface area contributed by atoms with Crippen molar-refractivity contribution in [3.8, 4) is 0 Å². The SMILES string of the molecule is CCn1ccnc1C(NC)C1CCCc2ccccc21. The summed E-state index contributed by atoms with van der Waals surface area (Å²) < 4.78 is 2.25. The van der Waals surface area contributed by atoms with Crippen LogP contribution in [0.1, 0.15) is 48.7 Å². The van der Waals surface area contributed by atoms with Gasteiger partial charge >= 0.3 is 0 Å². The van der Waals surface area contributed by atoms with Crippen molar-refractivity contribution in [3.05, 3.63) is 53.6 Å². The van der Waals surface area contributed by atoms with Crippen molar-refractivity contribution >= 4 is 0 Å². The molecule has 1 aromatic heterocycles. The van der Waals surface area contributed by atoms with Gasteiger partial charge in [0.05, 0.1) is 6.04 Å². The van der Waals surface area contributed by atoms with Gasteiger partial charge in [-0.15, -0.1) is 0 Å². The smallest absolute Gasteiger partial charge is 0.126 e. The maximum Gasteiger partial charge on any atom is 0.126 e. The molecule has 0 saturated carbocycles. The molecule has 0 bridgehead atoms. The number of nitrogens with one attached hydrogen (secondary N) is 1. The van der Waals surface area contributed by atoms with Crippen molar-refractivity contribution in [1.82, 2.24) is 14.9 Å². The molecule has 3 nitrogen and oxygen atoms in total. The van der Waals surface area contributed by atoms with Gasteiger partial charge in [0.15, 0.2) is 0 Å². The third-order valence-electron chi connectivity index (χ3n) is 4.50. The minimum absolute atomic E-state index is 0.298. The van der Waals surface area contributed by atoms with E-state index in [1.54, 1.807) is 0 Å². The summed E-state index contributed by atoms with van der Waals surface area (Å²) in [6.45, 7) is 3.15. The maximum atomic E-state index is 4.61. The molecule has 1 N–H and O–H groups in total. The van der Waals surface area contributed by atoms with Crippen molar-refractivity contribution < 1.29 is 0 Å². The molecule has 1 heterocycles. The Morgan fingerprint density at radius 3 is 3.05 bits per heavy atom. The zero-order valence-electron chi connectivity index (χ0n) is 12.3. The minimum Gasteiger partial charge on any atom is -0.334 e. The van der Waals surface area contributed by atoms with Gasteiger partial charge in [-0.05, 0) is 44.4 Å². The van der Waals surface area contributed by atoms with Gasteiger partial charge in [-0.2, -0.15) is 0 Å². The van der Waals surface area contributed by atoms with Gasteiger partial charge in [0.2, 0.25) is 0 Å². The van der Waals surface area contributed by atoms with E-state index in [1.807, 2.05) is 6.20 Å². The standard InChI is InChI=1S/C17H23N3/c1-3-20-12-11-19-17(20)16(18-2)15-10-6-8-13-7-4-5-9-14(13)15/h4-5,7,9,11-12,15-16,18H,3,6,8,10H2,1-2H3. The Hall–Kier alpha value is -1.61. The lowest BCUT2D eigenvalue weighted by atomic mass is 9.78. The fraction of sp³-hybridized carbons (Fsp3) is 0.471. The summed E-state index contributed by atoms with van der Waals surface area (Å²) in [6.07, 6.45) is 7.71. The molecule has 1 aliphatic rings. The van der Waals surface area contributed by atoms with Crippen LogP contribution in [0.25, 0.3) is 0 Å². The zero-order chi connectivity index (χ0) is 13.9. The fourth-order valence-electron chi connectivity index (χ4n) is 3.52. The van der Waals surface area contributed by atoms with E-state index in [-0.39, 0.29) is 0 Å². The third-order valence-corrected chi connectivity index (χ3v) is 4.50. The molecule has 2 unspecified atom stereocenters. The van der Waals surface area contributed by atoms with Crippen LogP contribution < -0.4 is 5.32 Å². The molecule has 0 saturated heterocycles. The first-order chi connectivity index (χ1) is 9.85. The van der Waals surface area contributed by atoms with Gasteiger partial charge in [0, 0.05) is 24.9 Å². The Balaban J connectivity index is 1.99. The highest BCUT2D eigenvalue weighted by atomic mass is 15.1. The first kappa shape index (κ1) is 13.4. The highest BCUT2D eigenvalue weighted by Gasteiger charge is 2.30. The summed E-state index contributed by atoms with van der Waals surface area (Å²) in [4.78, 5) is 4.61. The number of likely N-dealkylation sites (N-methyl/N-ethyl adjacent to an activating group) is 1. The first-order valence-electron chi connectivity index (χ1n) is 7.61. The average Bonchev–Trinajstić information content (AvgIpc) is 2.97. The molecule has 1 aliphatic carbocycles. The Kier molecular flexibility index (Phi) is 3.88. The Bertz CT molecular complexity index is 573. The summed E-state index contributed by atoms with van der Waals surface area (Å²) in [5, 5.41) is 3.51. The van der Waals surface area contributed by atoms with Gasteiger partial charge in [-0.3, -0.25) is 0 Å². The van der Waals surface area contributed by atoms with Gasteiger partial charge in [0.25, 0.3) is 0 Å². The second-order valence-corrected chi connectivity index (χ2v) is 5.54. The van der Waals surface area contributed by atoms with E-state index in [2.05, 4.69) is 59.3 Å². The number of fused-ring (bicyclic) bond motifs is 1. The molecule has 2 aromatic rings. The molecule has 106 valence electrons. The van der Waals surface area contributed by atoms with E-state index >= 15 is 0 Å². The largest absolute Gasteiger partial charge is 0.334 e. The zero-order valence-corrected chi connectivity index (χ0v) is 12.3. The summed E-state index contributed by atoms with van der Waals surface area (Å²) in [6, 6.07) is 9.19. The van der Waals surface area contributed by atoms with Crippen LogP contribution in [0.15, 0.2) is 36.7 Å². The molecular formula is C17H23N3. The molecule has 0 amide bonds. The number of hydrogen-bond donors (Lipinski definition) is 1.